The van der Waals surface area contributed by atoms with Crippen LogP contribution >= 0.6 is 24.0 Å². The summed E-state index contributed by atoms with van der Waals surface area (Å²) in [7, 11) is 1.62. The lowest BCUT2D eigenvalue weighted by atomic mass is 10.1. The van der Waals surface area contributed by atoms with Crippen molar-refractivity contribution in [2.24, 2.45) is 0 Å². The second-order valence-corrected chi connectivity index (χ2v) is 7.09. The Labute approximate surface area is 150 Å². The Kier molecular flexibility index (Phi) is 5.03. The van der Waals surface area contributed by atoms with Crippen LogP contribution < -0.4 is 4.90 Å². The van der Waals surface area contributed by atoms with Crippen LogP contribution in [-0.4, -0.2) is 47.8 Å². The van der Waals surface area contributed by atoms with Crippen LogP contribution in [0.1, 0.15) is 18.9 Å². The van der Waals surface area contributed by atoms with Crippen molar-refractivity contribution in [1.29, 1.82) is 0 Å². The molecule has 1 aromatic rings. The fraction of sp³-hybridized carbons (Fsp3) is 0.353. The Hall–Kier alpha value is -1.70. The van der Waals surface area contributed by atoms with Crippen LogP contribution in [-0.2, 0) is 14.3 Å². The predicted molar refractivity (Wildman–Crippen MR) is 99.8 cm³/mol. The van der Waals surface area contributed by atoms with E-state index in [2.05, 4.69) is 0 Å². The molecule has 126 valence electrons. The minimum absolute atomic E-state index is 0.129. The summed E-state index contributed by atoms with van der Waals surface area (Å²) in [6.45, 7) is 3.55. The third-order valence-electron chi connectivity index (χ3n) is 4.05. The van der Waals surface area contributed by atoms with Gasteiger partial charge in [-0.2, -0.15) is 0 Å². The molecule has 3 rings (SSSR count). The maximum atomic E-state index is 12.8. The van der Waals surface area contributed by atoms with Crippen LogP contribution in [0.2, 0.25) is 0 Å². The van der Waals surface area contributed by atoms with Crippen molar-refractivity contribution >= 4 is 51.4 Å². The van der Waals surface area contributed by atoms with Crippen LogP contribution in [0.3, 0.4) is 0 Å². The van der Waals surface area contributed by atoms with Gasteiger partial charge in [0.25, 0.3) is 11.8 Å². The van der Waals surface area contributed by atoms with Gasteiger partial charge in [-0.15, -0.1) is 0 Å². The lowest BCUT2D eigenvalue weighted by Crippen LogP contribution is -2.30. The summed E-state index contributed by atoms with van der Waals surface area (Å²) < 4.78 is 5.53. The number of thioether (sulfide) groups is 1. The lowest BCUT2D eigenvalue weighted by molar-refractivity contribution is -0.122. The summed E-state index contributed by atoms with van der Waals surface area (Å²) in [4.78, 5) is 29.3. The van der Waals surface area contributed by atoms with Crippen LogP contribution in [0.15, 0.2) is 29.2 Å². The van der Waals surface area contributed by atoms with E-state index in [4.69, 9.17) is 17.0 Å². The van der Waals surface area contributed by atoms with Gasteiger partial charge in [-0.3, -0.25) is 14.5 Å². The number of carbonyl (C=O) groups is 2. The van der Waals surface area contributed by atoms with Crippen LogP contribution in [0.25, 0.3) is 5.57 Å². The first kappa shape index (κ1) is 17.1. The molecule has 2 aliphatic heterocycles. The van der Waals surface area contributed by atoms with Crippen LogP contribution in [0, 0.1) is 0 Å². The van der Waals surface area contributed by atoms with E-state index in [9.17, 15) is 9.59 Å². The van der Waals surface area contributed by atoms with Gasteiger partial charge in [-0.1, -0.05) is 42.2 Å². The monoisotopic (exact) mass is 362 g/mol. The van der Waals surface area contributed by atoms with Gasteiger partial charge in [0.15, 0.2) is 0 Å². The van der Waals surface area contributed by atoms with E-state index < -0.39 is 0 Å². The summed E-state index contributed by atoms with van der Waals surface area (Å²) >= 11 is 6.56. The molecule has 0 aromatic heterocycles. The van der Waals surface area contributed by atoms with Gasteiger partial charge >= 0.3 is 0 Å². The molecule has 0 unspecified atom stereocenters. The van der Waals surface area contributed by atoms with E-state index >= 15 is 0 Å². The first-order chi connectivity index (χ1) is 11.6. The first-order valence-electron chi connectivity index (χ1n) is 7.78. The highest BCUT2D eigenvalue weighted by molar-refractivity contribution is 8.26. The average molecular weight is 362 g/mol. The van der Waals surface area contributed by atoms with Crippen molar-refractivity contribution in [2.75, 3.05) is 31.7 Å². The maximum Gasteiger partial charge on any atom is 0.267 e. The van der Waals surface area contributed by atoms with Gasteiger partial charge in [0, 0.05) is 32.4 Å². The van der Waals surface area contributed by atoms with E-state index in [1.807, 2.05) is 31.2 Å². The van der Waals surface area contributed by atoms with Crippen molar-refractivity contribution in [3.63, 3.8) is 0 Å². The fourth-order valence-electron chi connectivity index (χ4n) is 2.92. The number of thiocarbonyl (C=S) groups is 1. The number of hydrogen-bond donors (Lipinski definition) is 0. The molecule has 24 heavy (non-hydrogen) atoms. The number of carbonyl (C=O) groups excluding carboxylic acids is 2. The van der Waals surface area contributed by atoms with Gasteiger partial charge in [0.2, 0.25) is 0 Å². The quantitative estimate of drug-likeness (QED) is 0.458. The molecule has 1 fully saturated rings. The number of likely N-dealkylation sites (N-methyl/N-ethyl adjacent to an activating group) is 1. The molecule has 0 N–H and O–H groups in total. The van der Waals surface area contributed by atoms with Gasteiger partial charge in [0.1, 0.15) is 4.32 Å². The molecule has 2 amide bonds. The molecular formula is C17H18N2O3S2. The molecule has 0 aliphatic carbocycles. The van der Waals surface area contributed by atoms with Crippen LogP contribution in [0.4, 0.5) is 5.69 Å². The molecule has 0 radical (unpaired) electrons. The largest absolute Gasteiger partial charge is 0.385 e. The second kappa shape index (κ2) is 7.04. The van der Waals surface area contributed by atoms with E-state index in [1.54, 1.807) is 16.9 Å². The Balaban J connectivity index is 1.99. The molecule has 0 bridgehead atoms. The number of rotatable bonds is 5. The Morgan fingerprint density at radius 1 is 1.17 bits per heavy atom. The third kappa shape index (κ3) is 2.76. The zero-order valence-corrected chi connectivity index (χ0v) is 15.2. The molecular weight excluding hydrogens is 344 g/mol. The molecule has 1 aromatic carbocycles. The molecule has 5 nitrogen and oxygen atoms in total. The summed E-state index contributed by atoms with van der Waals surface area (Å²) in [5.74, 6) is -0.312. The van der Waals surface area contributed by atoms with Gasteiger partial charge in [0.05, 0.1) is 16.2 Å². The van der Waals surface area contributed by atoms with Gasteiger partial charge in [-0.25, -0.2) is 0 Å². The Bertz CT molecular complexity index is 745. The van der Waals surface area contributed by atoms with Crippen molar-refractivity contribution in [3.8, 4) is 0 Å². The number of methoxy groups -OCH3 is 1. The molecule has 2 heterocycles. The summed E-state index contributed by atoms with van der Waals surface area (Å²) in [5.41, 5.74) is 2.13. The molecule has 0 spiro atoms. The van der Waals surface area contributed by atoms with Crippen molar-refractivity contribution in [1.82, 2.24) is 4.90 Å². The van der Waals surface area contributed by atoms with E-state index in [-0.39, 0.29) is 11.8 Å². The number of ether oxygens (including phenoxy) is 1. The highest BCUT2D eigenvalue weighted by Crippen LogP contribution is 2.44. The molecule has 0 atom stereocenters. The van der Waals surface area contributed by atoms with Crippen LogP contribution in [0.5, 0.6) is 0 Å². The maximum absolute atomic E-state index is 12.8. The number of amides is 2. The number of hydrogen-bond acceptors (Lipinski definition) is 5. The first-order valence-corrected chi connectivity index (χ1v) is 9.00. The standard InChI is InChI=1S/C17H18N2O3S2/c1-3-18-12-8-5-4-7-11(12)13(15(18)20)14-16(21)19(17(23)24-14)9-6-10-22-2/h4-5,7-8H,3,6,9-10H2,1-2H3/b14-13+. The van der Waals surface area contributed by atoms with E-state index in [0.717, 1.165) is 11.3 Å². The zero-order valence-electron chi connectivity index (χ0n) is 13.6. The minimum atomic E-state index is -0.183. The highest BCUT2D eigenvalue weighted by atomic mass is 32.2. The average Bonchev–Trinajstić information content (AvgIpc) is 3.01. The molecule has 2 aliphatic rings. The molecule has 0 saturated carbocycles. The zero-order chi connectivity index (χ0) is 17.3. The predicted octanol–water partition coefficient (Wildman–Crippen LogP) is 2.66. The minimum Gasteiger partial charge on any atom is -0.385 e. The van der Waals surface area contributed by atoms with Gasteiger partial charge in [-0.05, 0) is 19.4 Å². The summed E-state index contributed by atoms with van der Waals surface area (Å²) in [5, 5.41) is 0. The van der Waals surface area contributed by atoms with Crippen molar-refractivity contribution in [2.45, 2.75) is 13.3 Å². The summed E-state index contributed by atoms with van der Waals surface area (Å²) in [6, 6.07) is 7.57. The molecule has 7 heteroatoms. The normalized spacial score (nSPS) is 20.3. The lowest BCUT2D eigenvalue weighted by Gasteiger charge is -2.14. The summed E-state index contributed by atoms with van der Waals surface area (Å²) in [6.07, 6.45) is 0.706. The van der Waals surface area contributed by atoms with E-state index in [1.165, 1.54) is 11.8 Å². The van der Waals surface area contributed by atoms with E-state index in [0.29, 0.717) is 40.9 Å². The van der Waals surface area contributed by atoms with Gasteiger partial charge < -0.3 is 9.64 Å². The number of anilines is 1. The SMILES string of the molecule is CCN1C(=O)/C(=C2/SC(=S)N(CCCOC)C2=O)c2ccccc21. The number of nitrogens with zero attached hydrogens (tertiary/aromatic N) is 2. The van der Waals surface area contributed by atoms with Crippen molar-refractivity contribution < 1.29 is 14.3 Å². The van der Waals surface area contributed by atoms with Crippen molar-refractivity contribution in [3.05, 3.63) is 34.7 Å². The molecule has 1 saturated heterocycles. The number of fused-ring (bicyclic) bond motifs is 1. The fourth-order valence-corrected chi connectivity index (χ4v) is 4.30. The number of para-hydroxylation sites is 1. The topological polar surface area (TPSA) is 49.9 Å². The second-order valence-electron chi connectivity index (χ2n) is 5.44. The third-order valence-corrected chi connectivity index (χ3v) is 5.49. The Morgan fingerprint density at radius 2 is 1.92 bits per heavy atom. The highest BCUT2D eigenvalue weighted by Gasteiger charge is 2.41. The number of benzene rings is 1. The Morgan fingerprint density at radius 3 is 2.62 bits per heavy atom. The smallest absolute Gasteiger partial charge is 0.267 e.